The van der Waals surface area contributed by atoms with Crippen LogP contribution >= 0.6 is 0 Å². The number of allylic oxidation sites excluding steroid dienone is 1. The van der Waals surface area contributed by atoms with Crippen molar-refractivity contribution in [1.82, 2.24) is 0 Å². The summed E-state index contributed by atoms with van der Waals surface area (Å²) in [5.74, 6) is 0.194. The smallest absolute Gasteiger partial charge is 0.317 e. The number of rotatable bonds is 7. The molecule has 0 amide bonds. The maximum atomic E-state index is 12.7. The standard InChI is InChI=1S/C23H32O3/c1-5-19(21(24)14-12-18-9-7-6-8-10-18)23(25)26-22-15-17(4)11-13-20(22)16(2)3/h6-10,12,14,16-17,19-20,22H,5,11,13,15H2,1-4H3/b14-12-/t17-,19+,20-,22-/m1/s1. The van der Waals surface area contributed by atoms with Crippen LogP contribution in [-0.2, 0) is 14.3 Å². The van der Waals surface area contributed by atoms with Gasteiger partial charge in [-0.25, -0.2) is 0 Å². The van der Waals surface area contributed by atoms with Crippen LogP contribution in [0.5, 0.6) is 0 Å². The third-order valence-corrected chi connectivity index (χ3v) is 5.50. The summed E-state index contributed by atoms with van der Waals surface area (Å²) in [6.45, 7) is 8.45. The summed E-state index contributed by atoms with van der Waals surface area (Å²) in [4.78, 5) is 25.2. The minimum absolute atomic E-state index is 0.0637. The second-order valence-electron chi connectivity index (χ2n) is 7.91. The molecule has 4 atom stereocenters. The van der Waals surface area contributed by atoms with Gasteiger partial charge < -0.3 is 4.74 Å². The Morgan fingerprint density at radius 2 is 1.88 bits per heavy atom. The van der Waals surface area contributed by atoms with E-state index in [1.807, 2.05) is 37.3 Å². The lowest BCUT2D eigenvalue weighted by molar-refractivity contribution is -0.162. The Morgan fingerprint density at radius 1 is 1.19 bits per heavy atom. The Kier molecular flexibility index (Phi) is 7.62. The van der Waals surface area contributed by atoms with E-state index >= 15 is 0 Å². The quantitative estimate of drug-likeness (QED) is 0.378. The lowest BCUT2D eigenvalue weighted by Gasteiger charge is -2.37. The summed E-state index contributed by atoms with van der Waals surface area (Å²) >= 11 is 0. The molecule has 26 heavy (non-hydrogen) atoms. The molecule has 0 saturated heterocycles. The monoisotopic (exact) mass is 356 g/mol. The van der Waals surface area contributed by atoms with Crippen molar-refractivity contribution in [2.75, 3.05) is 0 Å². The van der Waals surface area contributed by atoms with Gasteiger partial charge in [0.2, 0.25) is 0 Å². The van der Waals surface area contributed by atoms with Crippen LogP contribution in [0.4, 0.5) is 0 Å². The molecule has 0 heterocycles. The van der Waals surface area contributed by atoms with Gasteiger partial charge in [0.25, 0.3) is 0 Å². The summed E-state index contributed by atoms with van der Waals surface area (Å²) in [6, 6.07) is 9.64. The summed E-state index contributed by atoms with van der Waals surface area (Å²) < 4.78 is 5.87. The predicted octanol–water partition coefficient (Wildman–Crippen LogP) is 5.30. The molecule has 0 aromatic heterocycles. The van der Waals surface area contributed by atoms with Crippen LogP contribution in [-0.4, -0.2) is 17.9 Å². The first kappa shape index (κ1) is 20.4. The third-order valence-electron chi connectivity index (χ3n) is 5.50. The zero-order valence-electron chi connectivity index (χ0n) is 16.5. The Labute approximate surface area is 157 Å². The van der Waals surface area contributed by atoms with Crippen LogP contribution in [0.2, 0.25) is 0 Å². The van der Waals surface area contributed by atoms with Gasteiger partial charge in [-0.3, -0.25) is 9.59 Å². The van der Waals surface area contributed by atoms with E-state index in [1.165, 1.54) is 12.5 Å². The van der Waals surface area contributed by atoms with Crippen LogP contribution in [0.3, 0.4) is 0 Å². The number of carbonyl (C=O) groups is 2. The van der Waals surface area contributed by atoms with Gasteiger partial charge >= 0.3 is 5.97 Å². The average Bonchev–Trinajstić information content (AvgIpc) is 2.61. The third kappa shape index (κ3) is 5.55. The molecule has 0 spiro atoms. The maximum absolute atomic E-state index is 12.7. The first-order valence-electron chi connectivity index (χ1n) is 9.89. The van der Waals surface area contributed by atoms with E-state index < -0.39 is 5.92 Å². The van der Waals surface area contributed by atoms with Crippen LogP contribution in [0, 0.1) is 23.7 Å². The van der Waals surface area contributed by atoms with Crippen molar-refractivity contribution >= 4 is 17.8 Å². The van der Waals surface area contributed by atoms with E-state index in [-0.39, 0.29) is 17.9 Å². The average molecular weight is 357 g/mol. The van der Waals surface area contributed by atoms with E-state index in [0.29, 0.717) is 24.2 Å². The highest BCUT2D eigenvalue weighted by Crippen LogP contribution is 2.35. The molecule has 0 bridgehead atoms. The highest BCUT2D eigenvalue weighted by atomic mass is 16.5. The second-order valence-corrected chi connectivity index (χ2v) is 7.91. The number of benzene rings is 1. The number of carbonyl (C=O) groups excluding carboxylic acids is 2. The second kappa shape index (κ2) is 9.70. The molecule has 2 rings (SSSR count). The van der Waals surface area contributed by atoms with Gasteiger partial charge in [0.15, 0.2) is 5.78 Å². The van der Waals surface area contributed by atoms with Gasteiger partial charge in [-0.15, -0.1) is 0 Å². The number of ketones is 1. The molecule has 1 aromatic rings. The van der Waals surface area contributed by atoms with E-state index in [2.05, 4.69) is 20.8 Å². The molecule has 1 fully saturated rings. The molecule has 0 aliphatic heterocycles. The SMILES string of the molecule is CC[C@@H](C(=O)/C=C\c1ccccc1)C(=O)O[C@@H]1C[C@H](C)CC[C@@H]1C(C)C. The van der Waals surface area contributed by atoms with Crippen molar-refractivity contribution in [2.45, 2.75) is 59.5 Å². The van der Waals surface area contributed by atoms with E-state index in [9.17, 15) is 9.59 Å². The van der Waals surface area contributed by atoms with E-state index in [0.717, 1.165) is 18.4 Å². The number of ether oxygens (including phenoxy) is 1. The van der Waals surface area contributed by atoms with Crippen molar-refractivity contribution in [3.8, 4) is 0 Å². The zero-order chi connectivity index (χ0) is 19.1. The van der Waals surface area contributed by atoms with Crippen molar-refractivity contribution in [1.29, 1.82) is 0 Å². The molecular weight excluding hydrogens is 324 g/mol. The van der Waals surface area contributed by atoms with Crippen LogP contribution in [0.15, 0.2) is 36.4 Å². The zero-order valence-corrected chi connectivity index (χ0v) is 16.5. The molecule has 142 valence electrons. The van der Waals surface area contributed by atoms with Gasteiger partial charge in [0.1, 0.15) is 12.0 Å². The van der Waals surface area contributed by atoms with Gasteiger partial charge in [0.05, 0.1) is 0 Å². The van der Waals surface area contributed by atoms with Gasteiger partial charge in [-0.1, -0.05) is 70.5 Å². The highest BCUT2D eigenvalue weighted by Gasteiger charge is 2.35. The molecule has 0 radical (unpaired) electrons. The van der Waals surface area contributed by atoms with E-state index in [1.54, 1.807) is 6.08 Å². The summed E-state index contributed by atoms with van der Waals surface area (Å²) in [5, 5.41) is 0. The van der Waals surface area contributed by atoms with Gasteiger partial charge in [-0.2, -0.15) is 0 Å². The molecule has 3 nitrogen and oxygen atoms in total. The molecule has 1 aromatic carbocycles. The largest absolute Gasteiger partial charge is 0.462 e. The normalized spacial score (nSPS) is 24.6. The lowest BCUT2D eigenvalue weighted by Crippen LogP contribution is -2.38. The summed E-state index contributed by atoms with van der Waals surface area (Å²) in [5.41, 5.74) is 0.949. The minimum Gasteiger partial charge on any atom is -0.462 e. The van der Waals surface area contributed by atoms with Crippen LogP contribution in [0.1, 0.15) is 58.9 Å². The van der Waals surface area contributed by atoms with Crippen LogP contribution < -0.4 is 0 Å². The summed E-state index contributed by atoms with van der Waals surface area (Å²) in [7, 11) is 0. The maximum Gasteiger partial charge on any atom is 0.317 e. The number of hydrogen-bond acceptors (Lipinski definition) is 3. The Bertz CT molecular complexity index is 618. The van der Waals surface area contributed by atoms with Crippen molar-refractivity contribution in [3.63, 3.8) is 0 Å². The number of esters is 1. The molecule has 1 aliphatic carbocycles. The Morgan fingerprint density at radius 3 is 2.50 bits per heavy atom. The fraction of sp³-hybridized carbons (Fsp3) is 0.565. The lowest BCUT2D eigenvalue weighted by atomic mass is 9.75. The molecule has 1 aliphatic rings. The molecule has 0 unspecified atom stereocenters. The topological polar surface area (TPSA) is 43.4 Å². The predicted molar refractivity (Wildman–Crippen MR) is 105 cm³/mol. The summed E-state index contributed by atoms with van der Waals surface area (Å²) in [6.07, 6.45) is 6.85. The number of hydrogen-bond donors (Lipinski definition) is 0. The van der Waals surface area contributed by atoms with Gasteiger partial charge in [-0.05, 0) is 48.7 Å². The molecule has 1 saturated carbocycles. The van der Waals surface area contributed by atoms with Gasteiger partial charge in [0, 0.05) is 0 Å². The Hall–Kier alpha value is -1.90. The fourth-order valence-corrected chi connectivity index (χ4v) is 3.82. The first-order valence-corrected chi connectivity index (χ1v) is 9.89. The van der Waals surface area contributed by atoms with Crippen molar-refractivity contribution in [3.05, 3.63) is 42.0 Å². The molecule has 3 heteroatoms. The van der Waals surface area contributed by atoms with Crippen molar-refractivity contribution in [2.24, 2.45) is 23.7 Å². The fourth-order valence-electron chi connectivity index (χ4n) is 3.82. The first-order chi connectivity index (χ1) is 12.4. The van der Waals surface area contributed by atoms with Crippen LogP contribution in [0.25, 0.3) is 6.08 Å². The minimum atomic E-state index is -0.708. The Balaban J connectivity index is 2.02. The van der Waals surface area contributed by atoms with Crippen molar-refractivity contribution < 1.29 is 14.3 Å². The van der Waals surface area contributed by atoms with E-state index in [4.69, 9.17) is 4.74 Å². The molecule has 0 N–H and O–H groups in total. The highest BCUT2D eigenvalue weighted by molar-refractivity contribution is 6.06. The molecular formula is C23H32O3.